The van der Waals surface area contributed by atoms with Crippen molar-refractivity contribution in [2.45, 2.75) is 31.9 Å². The third kappa shape index (κ3) is 4.38. The Balaban J connectivity index is 0.000000224. The van der Waals surface area contributed by atoms with Crippen molar-refractivity contribution in [3.63, 3.8) is 0 Å². The summed E-state index contributed by atoms with van der Waals surface area (Å²) in [5.74, 6) is -2.47. The molecule has 0 aromatic carbocycles. The highest BCUT2D eigenvalue weighted by Gasteiger charge is 2.41. The van der Waals surface area contributed by atoms with Gasteiger partial charge >= 0.3 is 12.1 Å². The standard InChI is InChI=1S/C9H16N2O.C2HF3O2/c12-8-9(4-6-10-7-9)3-1-2-5-11-8;3-2(4,5)1(6)7/h10H,1-7H2,(H,11,12);(H,6,7). The van der Waals surface area contributed by atoms with E-state index in [2.05, 4.69) is 10.6 Å². The minimum Gasteiger partial charge on any atom is -0.475 e. The Morgan fingerprint density at radius 2 is 1.84 bits per heavy atom. The summed E-state index contributed by atoms with van der Waals surface area (Å²) in [7, 11) is 0. The highest BCUT2D eigenvalue weighted by molar-refractivity contribution is 5.83. The normalized spacial score (nSPS) is 27.2. The van der Waals surface area contributed by atoms with Crippen LogP contribution in [0.15, 0.2) is 0 Å². The molecule has 5 nitrogen and oxygen atoms in total. The van der Waals surface area contributed by atoms with Crippen molar-refractivity contribution >= 4 is 11.9 Å². The Bertz CT molecular complexity index is 339. The van der Waals surface area contributed by atoms with E-state index in [4.69, 9.17) is 9.90 Å². The summed E-state index contributed by atoms with van der Waals surface area (Å²) in [6, 6.07) is 0. The Hall–Kier alpha value is -1.31. The largest absolute Gasteiger partial charge is 0.490 e. The van der Waals surface area contributed by atoms with Crippen LogP contribution < -0.4 is 10.6 Å². The summed E-state index contributed by atoms with van der Waals surface area (Å²) in [6.45, 7) is 2.77. The number of alkyl halides is 3. The molecule has 2 saturated heterocycles. The van der Waals surface area contributed by atoms with Gasteiger partial charge < -0.3 is 15.7 Å². The Labute approximate surface area is 108 Å². The summed E-state index contributed by atoms with van der Waals surface area (Å²) in [6.07, 6.45) is -0.640. The van der Waals surface area contributed by atoms with Crippen molar-refractivity contribution < 1.29 is 27.9 Å². The smallest absolute Gasteiger partial charge is 0.475 e. The van der Waals surface area contributed by atoms with Crippen molar-refractivity contribution in [1.29, 1.82) is 0 Å². The first-order valence-corrected chi connectivity index (χ1v) is 6.07. The molecule has 2 heterocycles. The van der Waals surface area contributed by atoms with E-state index in [1.807, 2.05) is 0 Å². The Morgan fingerprint density at radius 1 is 1.21 bits per heavy atom. The lowest BCUT2D eigenvalue weighted by molar-refractivity contribution is -0.192. The quantitative estimate of drug-likeness (QED) is 0.617. The molecule has 1 spiro atoms. The average Bonchev–Trinajstić information content (AvgIpc) is 2.70. The van der Waals surface area contributed by atoms with E-state index in [9.17, 15) is 18.0 Å². The maximum atomic E-state index is 11.7. The summed E-state index contributed by atoms with van der Waals surface area (Å²) in [4.78, 5) is 20.6. The molecule has 1 atom stereocenters. The number of halogens is 3. The van der Waals surface area contributed by atoms with E-state index in [1.54, 1.807) is 0 Å². The Kier molecular flexibility index (Phi) is 5.16. The maximum Gasteiger partial charge on any atom is 0.490 e. The first kappa shape index (κ1) is 15.7. The van der Waals surface area contributed by atoms with E-state index >= 15 is 0 Å². The molecule has 0 saturated carbocycles. The van der Waals surface area contributed by atoms with Gasteiger partial charge in [-0.2, -0.15) is 13.2 Å². The number of aliphatic carboxylic acids is 1. The number of hydrogen-bond acceptors (Lipinski definition) is 3. The summed E-state index contributed by atoms with van der Waals surface area (Å²) < 4.78 is 31.7. The van der Waals surface area contributed by atoms with Gasteiger partial charge in [0.2, 0.25) is 5.91 Å². The molecule has 0 aliphatic carbocycles. The minimum atomic E-state index is -5.08. The first-order chi connectivity index (χ1) is 8.78. The van der Waals surface area contributed by atoms with Gasteiger partial charge in [0.15, 0.2) is 0 Å². The molecule has 110 valence electrons. The van der Waals surface area contributed by atoms with Crippen LogP contribution in [-0.4, -0.2) is 42.8 Å². The molecule has 2 fully saturated rings. The predicted molar refractivity (Wildman–Crippen MR) is 60.5 cm³/mol. The topological polar surface area (TPSA) is 78.4 Å². The Morgan fingerprint density at radius 3 is 2.32 bits per heavy atom. The number of carbonyl (C=O) groups is 2. The predicted octanol–water partition coefficient (Wildman–Crippen LogP) is 0.899. The molecule has 3 N–H and O–H groups in total. The third-order valence-electron chi connectivity index (χ3n) is 3.34. The SMILES string of the molecule is O=C(O)C(F)(F)F.O=C1NCCCCC12CCNC2. The highest BCUT2D eigenvalue weighted by Crippen LogP contribution is 2.33. The van der Waals surface area contributed by atoms with Crippen molar-refractivity contribution in [3.8, 4) is 0 Å². The van der Waals surface area contributed by atoms with Crippen molar-refractivity contribution in [3.05, 3.63) is 0 Å². The van der Waals surface area contributed by atoms with E-state index < -0.39 is 12.1 Å². The zero-order valence-electron chi connectivity index (χ0n) is 10.3. The zero-order valence-corrected chi connectivity index (χ0v) is 10.3. The van der Waals surface area contributed by atoms with Crippen LogP contribution in [-0.2, 0) is 9.59 Å². The molecule has 2 aliphatic rings. The second-order valence-corrected chi connectivity index (χ2v) is 4.72. The van der Waals surface area contributed by atoms with Gasteiger partial charge in [-0.05, 0) is 25.8 Å². The minimum absolute atomic E-state index is 0.0451. The van der Waals surface area contributed by atoms with Crippen molar-refractivity contribution in [2.75, 3.05) is 19.6 Å². The number of nitrogens with one attached hydrogen (secondary N) is 2. The first-order valence-electron chi connectivity index (χ1n) is 6.07. The van der Waals surface area contributed by atoms with Gasteiger partial charge in [0.05, 0.1) is 5.41 Å². The van der Waals surface area contributed by atoms with E-state index in [0.29, 0.717) is 0 Å². The van der Waals surface area contributed by atoms with Crippen LogP contribution in [0, 0.1) is 5.41 Å². The van der Waals surface area contributed by atoms with Gasteiger partial charge in [0.1, 0.15) is 0 Å². The van der Waals surface area contributed by atoms with Crippen LogP contribution in [0.1, 0.15) is 25.7 Å². The number of carboxylic acid groups (broad SMARTS) is 1. The van der Waals surface area contributed by atoms with Gasteiger partial charge in [-0.25, -0.2) is 4.79 Å². The van der Waals surface area contributed by atoms with Gasteiger partial charge in [-0.15, -0.1) is 0 Å². The van der Waals surface area contributed by atoms with Crippen LogP contribution in [0.3, 0.4) is 0 Å². The van der Waals surface area contributed by atoms with Crippen LogP contribution in [0.4, 0.5) is 13.2 Å². The molecule has 8 heteroatoms. The number of carbonyl (C=O) groups excluding carboxylic acids is 1. The molecule has 0 radical (unpaired) electrons. The molecule has 2 rings (SSSR count). The molecule has 19 heavy (non-hydrogen) atoms. The molecule has 2 aliphatic heterocycles. The van der Waals surface area contributed by atoms with Crippen LogP contribution in [0.2, 0.25) is 0 Å². The fourth-order valence-electron chi connectivity index (χ4n) is 2.24. The zero-order chi connectivity index (χ0) is 14.5. The lowest BCUT2D eigenvalue weighted by atomic mass is 9.82. The van der Waals surface area contributed by atoms with Gasteiger partial charge in [-0.1, -0.05) is 6.42 Å². The molecular weight excluding hydrogens is 265 g/mol. The maximum absolute atomic E-state index is 11.7. The number of carboxylic acids is 1. The van der Waals surface area contributed by atoms with Crippen LogP contribution in [0.25, 0.3) is 0 Å². The second-order valence-electron chi connectivity index (χ2n) is 4.72. The van der Waals surface area contributed by atoms with Crippen LogP contribution in [0.5, 0.6) is 0 Å². The highest BCUT2D eigenvalue weighted by atomic mass is 19.4. The lowest BCUT2D eigenvalue weighted by Gasteiger charge is -2.23. The van der Waals surface area contributed by atoms with E-state index in [1.165, 1.54) is 6.42 Å². The molecule has 0 aromatic heterocycles. The number of rotatable bonds is 0. The number of hydrogen-bond donors (Lipinski definition) is 3. The van der Waals surface area contributed by atoms with E-state index in [-0.39, 0.29) is 11.3 Å². The van der Waals surface area contributed by atoms with Gasteiger partial charge in [0, 0.05) is 13.1 Å². The average molecular weight is 282 g/mol. The molecule has 1 amide bonds. The second kappa shape index (κ2) is 6.23. The fourth-order valence-corrected chi connectivity index (χ4v) is 2.24. The van der Waals surface area contributed by atoms with Crippen molar-refractivity contribution in [2.24, 2.45) is 5.41 Å². The summed E-state index contributed by atoms with van der Waals surface area (Å²) >= 11 is 0. The third-order valence-corrected chi connectivity index (χ3v) is 3.34. The molecule has 1 unspecified atom stereocenters. The number of amides is 1. The van der Waals surface area contributed by atoms with E-state index in [0.717, 1.165) is 38.9 Å². The fraction of sp³-hybridized carbons (Fsp3) is 0.818. The molecular formula is C11H17F3N2O3. The van der Waals surface area contributed by atoms with Gasteiger partial charge in [0.25, 0.3) is 0 Å². The molecule has 0 bridgehead atoms. The van der Waals surface area contributed by atoms with Crippen molar-refractivity contribution in [1.82, 2.24) is 10.6 Å². The summed E-state index contributed by atoms with van der Waals surface area (Å²) in [5.41, 5.74) is -0.0451. The monoisotopic (exact) mass is 282 g/mol. The van der Waals surface area contributed by atoms with Gasteiger partial charge in [-0.3, -0.25) is 4.79 Å². The summed E-state index contributed by atoms with van der Waals surface area (Å²) in [5, 5.41) is 13.4. The molecule has 0 aromatic rings. The van der Waals surface area contributed by atoms with Crippen LogP contribution >= 0.6 is 0 Å². The lowest BCUT2D eigenvalue weighted by Crippen LogP contribution is -2.40.